The highest BCUT2D eigenvalue weighted by molar-refractivity contribution is 8.23. The quantitative estimate of drug-likeness (QED) is 0.223. The summed E-state index contributed by atoms with van der Waals surface area (Å²) in [5.74, 6) is 1.19. The molecule has 0 amide bonds. The fourth-order valence-electron chi connectivity index (χ4n) is 3.26. The molecule has 190 valence electrons. The summed E-state index contributed by atoms with van der Waals surface area (Å²) >= 11 is 2.60. The number of benzene rings is 2. The van der Waals surface area contributed by atoms with Crippen LogP contribution >= 0.6 is 23.5 Å². The predicted octanol–water partition coefficient (Wildman–Crippen LogP) is 5.43. The molecule has 0 saturated heterocycles. The average molecular weight is 534 g/mol. The number of hydrogen-bond donors (Lipinski definition) is 4. The molecule has 10 heteroatoms. The molecule has 6 N–H and O–H groups in total. The number of amidine groups is 1. The third kappa shape index (κ3) is 8.33. The van der Waals surface area contributed by atoms with Crippen LogP contribution in [-0.2, 0) is 9.84 Å². The number of nitrogens with zero attached hydrogens (tertiary/aromatic N) is 1. The van der Waals surface area contributed by atoms with Crippen LogP contribution in [0.1, 0.15) is 32.8 Å². The lowest BCUT2D eigenvalue weighted by Gasteiger charge is -2.13. The van der Waals surface area contributed by atoms with E-state index in [4.69, 9.17) is 16.9 Å². The maximum atomic E-state index is 13.3. The summed E-state index contributed by atoms with van der Waals surface area (Å²) < 4.78 is 27.3. The highest BCUT2D eigenvalue weighted by atomic mass is 32.2. The fourth-order valence-corrected chi connectivity index (χ4v) is 6.88. The second-order valence-electron chi connectivity index (χ2n) is 8.50. The molecular weight excluding hydrogens is 499 g/mol. The monoisotopic (exact) mass is 533 g/mol. The number of hydrogen-bond acceptors (Lipinski definition) is 6. The van der Waals surface area contributed by atoms with Gasteiger partial charge in [0.25, 0.3) is 0 Å². The smallest absolute Gasteiger partial charge is 0.204 e. The van der Waals surface area contributed by atoms with Gasteiger partial charge < -0.3 is 16.8 Å². The Labute approximate surface area is 217 Å². The minimum atomic E-state index is -3.70. The topological polar surface area (TPSA) is 134 Å². The van der Waals surface area contributed by atoms with Crippen LogP contribution in [0.2, 0.25) is 0 Å². The lowest BCUT2D eigenvalue weighted by Crippen LogP contribution is -2.23. The summed E-state index contributed by atoms with van der Waals surface area (Å²) in [6.07, 6.45) is 2.79. The summed E-state index contributed by atoms with van der Waals surface area (Å²) in [7, 11) is -3.70. The Morgan fingerprint density at radius 2 is 1.89 bits per heavy atom. The highest BCUT2D eigenvalue weighted by Crippen LogP contribution is 2.35. The first-order chi connectivity index (χ1) is 16.4. The maximum absolute atomic E-state index is 13.3. The molecule has 2 aromatic carbocycles. The average Bonchev–Trinajstić information content (AvgIpc) is 2.79. The van der Waals surface area contributed by atoms with Gasteiger partial charge in [-0.25, -0.2) is 8.42 Å². The molecule has 35 heavy (non-hydrogen) atoms. The molecule has 0 unspecified atom stereocenters. The van der Waals surface area contributed by atoms with E-state index in [-0.39, 0.29) is 21.4 Å². The van der Waals surface area contributed by atoms with E-state index in [0.29, 0.717) is 22.7 Å². The molecule has 7 nitrogen and oxygen atoms in total. The van der Waals surface area contributed by atoms with Crippen LogP contribution in [0.25, 0.3) is 11.1 Å². The first-order valence-electron chi connectivity index (χ1n) is 11.2. The Hall–Kier alpha value is -2.43. The normalized spacial score (nSPS) is 13.0. The van der Waals surface area contributed by atoms with Gasteiger partial charge in [-0.3, -0.25) is 10.4 Å². The molecule has 0 aliphatic heterocycles. The lowest BCUT2D eigenvalue weighted by molar-refractivity contribution is 0.597. The molecule has 0 aliphatic carbocycles. The standard InChI is InChI=1S/C25H35N5O2S3/c1-16(2)11-12-29-25(28)30-20-9-10-22(17(3)13-20)19-7-6-8-21(14-19)35(31,32)18(4)24(33-5)34-15-23(26)27/h6-10,13-14,16H,11-12,15H2,1-5H3,(H3,26,27)(H3,28,29,30)/b24-18+. The molecule has 0 spiro atoms. The molecular formula is C25H35N5O2S3. The van der Waals surface area contributed by atoms with E-state index >= 15 is 0 Å². The van der Waals surface area contributed by atoms with E-state index in [9.17, 15) is 8.42 Å². The van der Waals surface area contributed by atoms with Gasteiger partial charge in [0, 0.05) is 12.2 Å². The van der Waals surface area contributed by atoms with Crippen LogP contribution in [-0.4, -0.2) is 38.8 Å². The molecule has 0 saturated carbocycles. The van der Waals surface area contributed by atoms with Crippen LogP contribution in [0.15, 0.2) is 61.5 Å². The van der Waals surface area contributed by atoms with Gasteiger partial charge >= 0.3 is 0 Å². The Balaban J connectivity index is 2.31. The van der Waals surface area contributed by atoms with Gasteiger partial charge in [-0.2, -0.15) is 0 Å². The number of nitrogens with one attached hydrogen (secondary N) is 2. The minimum Gasteiger partial charge on any atom is -0.387 e. The van der Waals surface area contributed by atoms with E-state index in [0.717, 1.165) is 28.8 Å². The Morgan fingerprint density at radius 3 is 2.49 bits per heavy atom. The van der Waals surface area contributed by atoms with Crippen molar-refractivity contribution in [2.24, 2.45) is 22.4 Å². The van der Waals surface area contributed by atoms with Crippen LogP contribution in [0.4, 0.5) is 5.69 Å². The second-order valence-corrected chi connectivity index (χ2v) is 12.6. The predicted molar refractivity (Wildman–Crippen MR) is 154 cm³/mol. The lowest BCUT2D eigenvalue weighted by atomic mass is 10.00. The zero-order valence-electron chi connectivity index (χ0n) is 20.9. The van der Waals surface area contributed by atoms with E-state index < -0.39 is 9.84 Å². The maximum Gasteiger partial charge on any atom is 0.204 e. The van der Waals surface area contributed by atoms with Crippen molar-refractivity contribution in [3.05, 3.63) is 57.2 Å². The summed E-state index contributed by atoms with van der Waals surface area (Å²) in [4.78, 5) is 4.85. The molecule has 0 radical (unpaired) electrons. The van der Waals surface area contributed by atoms with Crippen molar-refractivity contribution in [1.29, 1.82) is 5.41 Å². The van der Waals surface area contributed by atoms with E-state index in [1.165, 1.54) is 23.5 Å². The zero-order valence-corrected chi connectivity index (χ0v) is 23.3. The molecule has 2 aromatic rings. The van der Waals surface area contributed by atoms with Gasteiger partial charge in [-0.05, 0) is 73.4 Å². The van der Waals surface area contributed by atoms with Crippen molar-refractivity contribution in [3.63, 3.8) is 0 Å². The van der Waals surface area contributed by atoms with Gasteiger partial charge in [0.2, 0.25) is 9.84 Å². The van der Waals surface area contributed by atoms with Crippen LogP contribution in [0, 0.1) is 18.3 Å². The van der Waals surface area contributed by atoms with Crippen molar-refractivity contribution in [1.82, 2.24) is 0 Å². The summed E-state index contributed by atoms with van der Waals surface area (Å²) in [6, 6.07) is 12.8. The Bertz CT molecular complexity index is 1220. The zero-order chi connectivity index (χ0) is 26.2. The van der Waals surface area contributed by atoms with Crippen LogP contribution in [0.3, 0.4) is 0 Å². The van der Waals surface area contributed by atoms with E-state index in [1.807, 2.05) is 37.4 Å². The van der Waals surface area contributed by atoms with E-state index in [2.05, 4.69) is 24.2 Å². The fraction of sp³-hybridized carbons (Fsp3) is 0.360. The number of rotatable bonds is 11. The molecule has 0 atom stereocenters. The Morgan fingerprint density at radius 1 is 1.17 bits per heavy atom. The van der Waals surface area contributed by atoms with Crippen molar-refractivity contribution >= 4 is 50.8 Å². The Kier molecular flexibility index (Phi) is 10.7. The summed E-state index contributed by atoms with van der Waals surface area (Å²) in [5, 5.41) is 10.5. The number of nitrogens with two attached hydrogens (primary N) is 2. The molecule has 0 fully saturated rings. The van der Waals surface area contributed by atoms with Gasteiger partial charge in [0.15, 0.2) is 5.96 Å². The van der Waals surface area contributed by atoms with E-state index in [1.54, 1.807) is 25.1 Å². The third-order valence-electron chi connectivity index (χ3n) is 5.18. The minimum absolute atomic E-state index is 0.00532. The van der Waals surface area contributed by atoms with Crippen molar-refractivity contribution in [3.8, 4) is 11.1 Å². The summed E-state index contributed by atoms with van der Waals surface area (Å²) in [6.45, 7) is 8.54. The number of aryl methyl sites for hydroxylation is 1. The highest BCUT2D eigenvalue weighted by Gasteiger charge is 2.22. The number of guanidine groups is 1. The third-order valence-corrected chi connectivity index (χ3v) is 9.87. The van der Waals surface area contributed by atoms with Gasteiger partial charge in [0.05, 0.1) is 19.8 Å². The molecule has 2 rings (SSSR count). The largest absolute Gasteiger partial charge is 0.387 e. The number of allylic oxidation sites excluding steroid dienone is 1. The SMILES string of the molecule is CS/C(SCC(=N)N)=C(/C)S(=O)(=O)c1cccc(-c2ccc(NC(N)=NCCC(C)C)cc2C)c1. The number of sulfone groups is 1. The first kappa shape index (κ1) is 28.8. The first-order valence-corrected chi connectivity index (χ1v) is 14.9. The number of anilines is 1. The molecule has 0 aliphatic rings. The number of thioether (sulfide) groups is 2. The van der Waals surface area contributed by atoms with Crippen LogP contribution in [0.5, 0.6) is 0 Å². The van der Waals surface area contributed by atoms with Crippen molar-refractivity contribution in [2.75, 3.05) is 23.9 Å². The van der Waals surface area contributed by atoms with Crippen LogP contribution < -0.4 is 16.8 Å². The molecule has 0 aromatic heterocycles. The van der Waals surface area contributed by atoms with Gasteiger partial charge in [-0.1, -0.05) is 32.0 Å². The van der Waals surface area contributed by atoms with Gasteiger partial charge in [-0.15, -0.1) is 23.5 Å². The van der Waals surface area contributed by atoms with Gasteiger partial charge in [0.1, 0.15) is 5.84 Å². The second kappa shape index (κ2) is 13.0. The summed E-state index contributed by atoms with van der Waals surface area (Å²) in [5.41, 5.74) is 15.0. The molecule has 0 bridgehead atoms. The number of aliphatic imine (C=N–C) groups is 1. The van der Waals surface area contributed by atoms with Crippen molar-refractivity contribution in [2.45, 2.75) is 39.0 Å². The van der Waals surface area contributed by atoms with Crippen molar-refractivity contribution < 1.29 is 8.42 Å². The molecule has 0 heterocycles.